The molecule has 0 aliphatic heterocycles. The van der Waals surface area contributed by atoms with Crippen molar-refractivity contribution in [2.24, 2.45) is 0 Å². The highest BCUT2D eigenvalue weighted by Crippen LogP contribution is 2.18. The SMILES string of the molecule is O=C(Nc1ccc(NC(=O)/C(=C/NNc2ccccc2)C(=O)c2ccccc2)cc1)/C(=C/NNc1ccccc1)C(=O)c1ccccc1. The molecule has 0 aliphatic rings. The molecule has 0 atom stereocenters. The van der Waals surface area contributed by atoms with E-state index in [9.17, 15) is 19.2 Å². The van der Waals surface area contributed by atoms with Crippen LogP contribution in [0.3, 0.4) is 0 Å². The predicted molar refractivity (Wildman–Crippen MR) is 188 cm³/mol. The van der Waals surface area contributed by atoms with E-state index in [1.807, 2.05) is 60.7 Å². The molecule has 6 N–H and O–H groups in total. The summed E-state index contributed by atoms with van der Waals surface area (Å²) in [7, 11) is 0. The van der Waals surface area contributed by atoms with Crippen LogP contribution in [-0.2, 0) is 9.59 Å². The van der Waals surface area contributed by atoms with E-state index >= 15 is 0 Å². The number of hydrogen-bond acceptors (Lipinski definition) is 8. The molecule has 0 radical (unpaired) electrons. The van der Waals surface area contributed by atoms with Crippen LogP contribution in [0.1, 0.15) is 20.7 Å². The van der Waals surface area contributed by atoms with Crippen molar-refractivity contribution in [3.05, 3.63) is 180 Å². The number of ketones is 2. The second-order valence-electron chi connectivity index (χ2n) is 10.3. The first kappa shape index (κ1) is 32.5. The van der Waals surface area contributed by atoms with Crippen LogP contribution >= 0.6 is 0 Å². The average Bonchev–Trinajstić information content (AvgIpc) is 3.13. The summed E-state index contributed by atoms with van der Waals surface area (Å²) in [5, 5.41) is 5.47. The van der Waals surface area contributed by atoms with E-state index in [1.54, 1.807) is 84.9 Å². The number of hydrogen-bond donors (Lipinski definition) is 6. The van der Waals surface area contributed by atoms with Crippen molar-refractivity contribution in [3.63, 3.8) is 0 Å². The normalized spacial score (nSPS) is 11.1. The highest BCUT2D eigenvalue weighted by atomic mass is 16.2. The van der Waals surface area contributed by atoms with Gasteiger partial charge in [-0.2, -0.15) is 0 Å². The fraction of sp³-hybridized carbons (Fsp3) is 0. The van der Waals surface area contributed by atoms with E-state index in [-0.39, 0.29) is 11.1 Å². The molecule has 0 spiro atoms. The van der Waals surface area contributed by atoms with E-state index in [2.05, 4.69) is 32.3 Å². The molecule has 5 aromatic rings. The van der Waals surface area contributed by atoms with Gasteiger partial charge in [-0.05, 0) is 48.5 Å². The molecule has 0 saturated heterocycles. The highest BCUT2D eigenvalue weighted by Gasteiger charge is 2.22. The molecular weight excluding hydrogens is 604 g/mol. The Balaban J connectivity index is 1.28. The van der Waals surface area contributed by atoms with Crippen molar-refractivity contribution in [1.29, 1.82) is 0 Å². The number of carbonyl (C=O) groups excluding carboxylic acids is 4. The predicted octanol–water partition coefficient (Wildman–Crippen LogP) is 6.33. The summed E-state index contributed by atoms with van der Waals surface area (Å²) < 4.78 is 0. The van der Waals surface area contributed by atoms with Gasteiger partial charge in [0, 0.05) is 34.9 Å². The Morgan fingerprint density at radius 2 is 0.688 bits per heavy atom. The number of rotatable bonds is 14. The molecule has 238 valence electrons. The Kier molecular flexibility index (Phi) is 11.1. The standard InChI is InChI=1S/C38H32N6O4/c45-35(27-13-5-1-6-14-27)33(25-39-43-31-17-9-3-10-18-31)37(47)41-29-21-23-30(24-22-29)42-38(48)34(36(46)28-15-7-2-8-16-28)26-40-44-32-19-11-4-12-20-32/h1-26,39-40,43-44H,(H,41,47)(H,42,48)/b33-25+,34-26+. The van der Waals surface area contributed by atoms with Gasteiger partial charge in [-0.25, -0.2) is 0 Å². The van der Waals surface area contributed by atoms with Crippen LogP contribution < -0.4 is 32.3 Å². The Labute approximate surface area is 277 Å². The van der Waals surface area contributed by atoms with Gasteiger partial charge in [0.1, 0.15) is 11.1 Å². The molecule has 0 heterocycles. The van der Waals surface area contributed by atoms with E-state index in [0.717, 1.165) is 11.4 Å². The zero-order valence-corrected chi connectivity index (χ0v) is 25.6. The zero-order chi connectivity index (χ0) is 33.6. The van der Waals surface area contributed by atoms with Gasteiger partial charge < -0.3 is 32.3 Å². The van der Waals surface area contributed by atoms with Crippen LogP contribution in [-0.4, -0.2) is 23.4 Å². The van der Waals surface area contributed by atoms with Crippen LogP contribution in [0, 0.1) is 0 Å². The second kappa shape index (κ2) is 16.4. The molecule has 5 rings (SSSR count). The minimum Gasteiger partial charge on any atom is -0.322 e. The van der Waals surface area contributed by atoms with Gasteiger partial charge in [-0.15, -0.1) is 0 Å². The molecule has 10 heteroatoms. The fourth-order valence-electron chi connectivity index (χ4n) is 4.42. The third-order valence-electron chi connectivity index (χ3n) is 6.86. The third-order valence-corrected chi connectivity index (χ3v) is 6.86. The van der Waals surface area contributed by atoms with Crippen molar-refractivity contribution in [1.82, 2.24) is 10.9 Å². The molecule has 10 nitrogen and oxygen atoms in total. The minimum absolute atomic E-state index is 0.132. The summed E-state index contributed by atoms with van der Waals surface area (Å²) in [6, 6.07) is 41.7. The van der Waals surface area contributed by atoms with Gasteiger partial charge in [0.25, 0.3) is 11.8 Å². The first-order chi connectivity index (χ1) is 23.5. The monoisotopic (exact) mass is 636 g/mol. The van der Waals surface area contributed by atoms with Crippen LogP contribution in [0.4, 0.5) is 22.7 Å². The summed E-state index contributed by atoms with van der Waals surface area (Å²) >= 11 is 0. The lowest BCUT2D eigenvalue weighted by Gasteiger charge is -2.12. The third kappa shape index (κ3) is 9.05. The molecule has 48 heavy (non-hydrogen) atoms. The lowest BCUT2D eigenvalue weighted by molar-refractivity contribution is -0.113. The highest BCUT2D eigenvalue weighted by molar-refractivity contribution is 6.29. The topological polar surface area (TPSA) is 140 Å². The molecule has 0 aromatic heterocycles. The molecular formula is C38H32N6O4. The summed E-state index contributed by atoms with van der Waals surface area (Å²) in [5.74, 6) is -2.23. The maximum absolute atomic E-state index is 13.3. The van der Waals surface area contributed by atoms with E-state index < -0.39 is 23.4 Å². The number of anilines is 4. The molecule has 0 bridgehead atoms. The van der Waals surface area contributed by atoms with Gasteiger partial charge >= 0.3 is 0 Å². The molecule has 0 fully saturated rings. The van der Waals surface area contributed by atoms with Crippen molar-refractivity contribution < 1.29 is 19.2 Å². The first-order valence-corrected chi connectivity index (χ1v) is 14.9. The smallest absolute Gasteiger partial charge is 0.261 e. The molecule has 5 aromatic carbocycles. The average molecular weight is 637 g/mol. The van der Waals surface area contributed by atoms with E-state index in [1.165, 1.54) is 12.4 Å². The van der Waals surface area contributed by atoms with Crippen LogP contribution in [0.5, 0.6) is 0 Å². The van der Waals surface area contributed by atoms with Crippen molar-refractivity contribution in [2.45, 2.75) is 0 Å². The Bertz CT molecular complexity index is 1770. The summed E-state index contributed by atoms with van der Waals surface area (Å²) in [5.41, 5.74) is 14.2. The summed E-state index contributed by atoms with van der Waals surface area (Å²) in [6.07, 6.45) is 2.62. The lowest BCUT2D eigenvalue weighted by Crippen LogP contribution is -2.25. The first-order valence-electron chi connectivity index (χ1n) is 14.9. The maximum Gasteiger partial charge on any atom is 0.261 e. The van der Waals surface area contributed by atoms with E-state index in [4.69, 9.17) is 0 Å². The maximum atomic E-state index is 13.3. The van der Waals surface area contributed by atoms with Gasteiger partial charge in [0.2, 0.25) is 0 Å². The van der Waals surface area contributed by atoms with Crippen LogP contribution in [0.15, 0.2) is 169 Å². The Morgan fingerprint density at radius 1 is 0.375 bits per heavy atom. The van der Waals surface area contributed by atoms with Crippen LogP contribution in [0.2, 0.25) is 0 Å². The van der Waals surface area contributed by atoms with Gasteiger partial charge in [-0.1, -0.05) is 97.1 Å². The molecule has 0 aliphatic carbocycles. The van der Waals surface area contributed by atoms with Crippen LogP contribution in [0.25, 0.3) is 0 Å². The molecule has 0 unspecified atom stereocenters. The number of nitrogens with one attached hydrogen (secondary N) is 6. The molecule has 0 saturated carbocycles. The Hall–Kier alpha value is -6.94. The van der Waals surface area contributed by atoms with E-state index in [0.29, 0.717) is 22.5 Å². The molecule has 2 amide bonds. The quantitative estimate of drug-likeness (QED) is 0.0273. The van der Waals surface area contributed by atoms with Crippen molar-refractivity contribution in [3.8, 4) is 0 Å². The van der Waals surface area contributed by atoms with Crippen molar-refractivity contribution >= 4 is 46.1 Å². The van der Waals surface area contributed by atoms with Gasteiger partial charge in [0.15, 0.2) is 11.6 Å². The number of para-hydroxylation sites is 2. The lowest BCUT2D eigenvalue weighted by atomic mass is 10.0. The fourth-order valence-corrected chi connectivity index (χ4v) is 4.42. The minimum atomic E-state index is -0.640. The number of benzene rings is 5. The van der Waals surface area contributed by atoms with Gasteiger partial charge in [-0.3, -0.25) is 19.2 Å². The van der Waals surface area contributed by atoms with Crippen molar-refractivity contribution in [2.75, 3.05) is 21.5 Å². The second-order valence-corrected chi connectivity index (χ2v) is 10.3. The number of carbonyl (C=O) groups is 4. The van der Waals surface area contributed by atoms with Gasteiger partial charge in [0.05, 0.1) is 11.4 Å². The number of hydrazine groups is 2. The largest absolute Gasteiger partial charge is 0.322 e. The Morgan fingerprint density at radius 3 is 1.02 bits per heavy atom. The summed E-state index contributed by atoms with van der Waals surface area (Å²) in [6.45, 7) is 0. The number of Topliss-reactive ketones (excluding diaryl/α,β-unsaturated/α-hetero) is 2. The summed E-state index contributed by atoms with van der Waals surface area (Å²) in [4.78, 5) is 53.2. The zero-order valence-electron chi connectivity index (χ0n) is 25.6. The number of amides is 2.